The van der Waals surface area contributed by atoms with Crippen molar-refractivity contribution >= 4 is 17.2 Å². The number of thiazole rings is 1. The molecule has 1 aromatic rings. The predicted octanol–water partition coefficient (Wildman–Crippen LogP) is 1.97. The zero-order chi connectivity index (χ0) is 13.4. The molecule has 1 unspecified atom stereocenters. The number of hydrogen-bond donors (Lipinski definition) is 1. The van der Waals surface area contributed by atoms with Crippen LogP contribution >= 0.6 is 11.3 Å². The van der Waals surface area contributed by atoms with Crippen molar-refractivity contribution in [1.29, 1.82) is 0 Å². The van der Waals surface area contributed by atoms with Gasteiger partial charge < -0.3 is 10.2 Å². The fourth-order valence-electron chi connectivity index (χ4n) is 2.86. The Kier molecular flexibility index (Phi) is 3.58. The number of carbonyl (C=O) groups is 1. The first-order valence-electron chi connectivity index (χ1n) is 7.10. The summed E-state index contributed by atoms with van der Waals surface area (Å²) >= 11 is 1.49. The number of amides is 1. The summed E-state index contributed by atoms with van der Waals surface area (Å²) in [6.07, 6.45) is 3.97. The third-order valence-electron chi connectivity index (χ3n) is 4.04. The van der Waals surface area contributed by atoms with Crippen LogP contribution in [0.15, 0.2) is 0 Å². The maximum absolute atomic E-state index is 12.1. The Morgan fingerprint density at radius 2 is 2.21 bits per heavy atom. The van der Waals surface area contributed by atoms with Gasteiger partial charge in [-0.2, -0.15) is 0 Å². The molecule has 3 rings (SSSR count). The number of aryl methyl sites for hydroxylation is 2. The van der Waals surface area contributed by atoms with Gasteiger partial charge in [0.25, 0.3) is 5.91 Å². The second-order valence-corrected chi connectivity index (χ2v) is 6.94. The van der Waals surface area contributed by atoms with Gasteiger partial charge in [-0.1, -0.05) is 0 Å². The molecule has 1 aliphatic carbocycles. The van der Waals surface area contributed by atoms with E-state index in [1.54, 1.807) is 0 Å². The fraction of sp³-hybridized carbons (Fsp3) is 0.714. The van der Waals surface area contributed by atoms with Crippen LogP contribution in [0.2, 0.25) is 0 Å². The zero-order valence-electron chi connectivity index (χ0n) is 11.6. The molecular weight excluding hydrogens is 258 g/mol. The van der Waals surface area contributed by atoms with Crippen LogP contribution in [-0.2, 0) is 0 Å². The van der Waals surface area contributed by atoms with Gasteiger partial charge in [-0.05, 0) is 45.6 Å². The number of rotatable bonds is 4. The second-order valence-electron chi connectivity index (χ2n) is 5.74. The van der Waals surface area contributed by atoms with Gasteiger partial charge in [0, 0.05) is 19.1 Å². The maximum atomic E-state index is 12.1. The van der Waals surface area contributed by atoms with Crippen LogP contribution in [0.25, 0.3) is 0 Å². The standard InChI is InChI=1S/C14H21N3OS/c1-9-13(19-10(2)16-9)14(18)15-7-11-5-6-17(8-11)12-3-4-12/h11-12H,3-8H2,1-2H3,(H,15,18). The molecule has 0 radical (unpaired) electrons. The van der Waals surface area contributed by atoms with E-state index in [9.17, 15) is 4.79 Å². The van der Waals surface area contributed by atoms with Gasteiger partial charge >= 0.3 is 0 Å². The van der Waals surface area contributed by atoms with Crippen LogP contribution in [-0.4, -0.2) is 41.5 Å². The van der Waals surface area contributed by atoms with E-state index in [1.807, 2.05) is 13.8 Å². The molecule has 1 aromatic heterocycles. The third kappa shape index (κ3) is 2.98. The van der Waals surface area contributed by atoms with E-state index < -0.39 is 0 Å². The summed E-state index contributed by atoms with van der Waals surface area (Å²) in [4.78, 5) is 19.8. The first kappa shape index (κ1) is 13.1. The van der Waals surface area contributed by atoms with E-state index >= 15 is 0 Å². The Hall–Kier alpha value is -0.940. The Labute approximate surface area is 118 Å². The maximum Gasteiger partial charge on any atom is 0.263 e. The molecule has 1 amide bonds. The highest BCUT2D eigenvalue weighted by molar-refractivity contribution is 7.13. The number of likely N-dealkylation sites (tertiary alicyclic amines) is 1. The van der Waals surface area contributed by atoms with Crippen LogP contribution in [0.5, 0.6) is 0 Å². The topological polar surface area (TPSA) is 45.2 Å². The van der Waals surface area contributed by atoms with Crippen LogP contribution in [0.1, 0.15) is 39.6 Å². The molecule has 1 atom stereocenters. The van der Waals surface area contributed by atoms with Crippen LogP contribution in [0.3, 0.4) is 0 Å². The molecule has 19 heavy (non-hydrogen) atoms. The molecule has 2 aliphatic rings. The fourth-order valence-corrected chi connectivity index (χ4v) is 3.70. The van der Waals surface area contributed by atoms with E-state index in [4.69, 9.17) is 0 Å². The minimum absolute atomic E-state index is 0.0490. The Balaban J connectivity index is 1.49. The van der Waals surface area contributed by atoms with Crippen molar-refractivity contribution in [3.63, 3.8) is 0 Å². The van der Waals surface area contributed by atoms with Gasteiger partial charge in [0.05, 0.1) is 10.7 Å². The van der Waals surface area contributed by atoms with Gasteiger partial charge in [-0.15, -0.1) is 11.3 Å². The summed E-state index contributed by atoms with van der Waals surface area (Å²) in [5, 5.41) is 4.04. The largest absolute Gasteiger partial charge is 0.351 e. The highest BCUT2D eigenvalue weighted by Gasteiger charge is 2.34. The lowest BCUT2D eigenvalue weighted by molar-refractivity contribution is 0.0950. The highest BCUT2D eigenvalue weighted by Crippen LogP contribution is 2.31. The molecule has 104 valence electrons. The summed E-state index contributed by atoms with van der Waals surface area (Å²) in [6, 6.07) is 0.854. The number of nitrogens with one attached hydrogen (secondary N) is 1. The first-order chi connectivity index (χ1) is 9.13. The van der Waals surface area contributed by atoms with E-state index in [2.05, 4.69) is 15.2 Å². The molecule has 2 heterocycles. The van der Waals surface area contributed by atoms with E-state index in [-0.39, 0.29) is 5.91 Å². The molecule has 5 heteroatoms. The molecule has 1 saturated carbocycles. The summed E-state index contributed by atoms with van der Waals surface area (Å²) in [5.41, 5.74) is 0.853. The van der Waals surface area contributed by atoms with Crippen LogP contribution < -0.4 is 5.32 Å². The number of carbonyl (C=O) groups excluding carboxylic acids is 1. The van der Waals surface area contributed by atoms with E-state index in [0.29, 0.717) is 5.92 Å². The van der Waals surface area contributed by atoms with Gasteiger partial charge in [0.2, 0.25) is 0 Å². The van der Waals surface area contributed by atoms with E-state index in [0.717, 1.165) is 34.7 Å². The normalized spacial score (nSPS) is 23.8. The SMILES string of the molecule is Cc1nc(C)c(C(=O)NCC2CCN(C3CC3)C2)s1. The van der Waals surface area contributed by atoms with Crippen molar-refractivity contribution in [2.24, 2.45) is 5.92 Å². The number of nitrogens with zero attached hydrogens (tertiary/aromatic N) is 2. The lowest BCUT2D eigenvalue weighted by Crippen LogP contribution is -2.31. The first-order valence-corrected chi connectivity index (χ1v) is 7.91. The summed E-state index contributed by atoms with van der Waals surface area (Å²) < 4.78 is 0. The van der Waals surface area contributed by atoms with E-state index in [1.165, 1.54) is 37.1 Å². The number of hydrogen-bond acceptors (Lipinski definition) is 4. The third-order valence-corrected chi connectivity index (χ3v) is 5.11. The van der Waals surface area contributed by atoms with Crippen LogP contribution in [0, 0.1) is 19.8 Å². The molecule has 0 bridgehead atoms. The van der Waals surface area contributed by atoms with Crippen molar-refractivity contribution in [1.82, 2.24) is 15.2 Å². The summed E-state index contributed by atoms with van der Waals surface area (Å²) in [6.45, 7) is 7.02. The van der Waals surface area contributed by atoms with Crippen molar-refractivity contribution in [2.45, 2.75) is 39.2 Å². The minimum atomic E-state index is 0.0490. The molecule has 2 fully saturated rings. The molecule has 0 spiro atoms. The average molecular weight is 279 g/mol. The molecule has 1 aliphatic heterocycles. The lowest BCUT2D eigenvalue weighted by atomic mass is 10.1. The average Bonchev–Trinajstić information content (AvgIpc) is 3.02. The Morgan fingerprint density at radius 3 is 2.84 bits per heavy atom. The van der Waals surface area contributed by atoms with Crippen molar-refractivity contribution in [3.8, 4) is 0 Å². The minimum Gasteiger partial charge on any atom is -0.351 e. The van der Waals surface area contributed by atoms with Gasteiger partial charge in [-0.3, -0.25) is 4.79 Å². The lowest BCUT2D eigenvalue weighted by Gasteiger charge is -2.15. The monoisotopic (exact) mass is 279 g/mol. The van der Waals surface area contributed by atoms with Crippen molar-refractivity contribution < 1.29 is 4.79 Å². The summed E-state index contributed by atoms with van der Waals surface area (Å²) in [7, 11) is 0. The van der Waals surface area contributed by atoms with Gasteiger partial charge in [0.15, 0.2) is 0 Å². The smallest absolute Gasteiger partial charge is 0.263 e. The molecule has 1 saturated heterocycles. The predicted molar refractivity (Wildman–Crippen MR) is 76.6 cm³/mol. The number of aromatic nitrogens is 1. The van der Waals surface area contributed by atoms with Crippen molar-refractivity contribution in [2.75, 3.05) is 19.6 Å². The highest BCUT2D eigenvalue weighted by atomic mass is 32.1. The van der Waals surface area contributed by atoms with Crippen molar-refractivity contribution in [3.05, 3.63) is 15.6 Å². The second kappa shape index (κ2) is 5.21. The Bertz CT molecular complexity index is 481. The molecule has 0 aromatic carbocycles. The molecule has 1 N–H and O–H groups in total. The molecular formula is C14H21N3OS. The van der Waals surface area contributed by atoms with Gasteiger partial charge in [-0.25, -0.2) is 4.98 Å². The molecule has 4 nitrogen and oxygen atoms in total. The van der Waals surface area contributed by atoms with Crippen LogP contribution in [0.4, 0.5) is 0 Å². The van der Waals surface area contributed by atoms with Gasteiger partial charge in [0.1, 0.15) is 4.88 Å². The summed E-state index contributed by atoms with van der Waals surface area (Å²) in [5.74, 6) is 0.673. The quantitative estimate of drug-likeness (QED) is 0.916. The zero-order valence-corrected chi connectivity index (χ0v) is 12.4. The Morgan fingerprint density at radius 1 is 1.42 bits per heavy atom.